The van der Waals surface area contributed by atoms with E-state index in [1.807, 2.05) is 0 Å². The van der Waals surface area contributed by atoms with E-state index in [-0.39, 0.29) is 0 Å². The highest BCUT2D eigenvalue weighted by atomic mass is 15.2. The number of hydrogen-bond donors (Lipinski definition) is 2. The second-order valence-electron chi connectivity index (χ2n) is 4.39. The number of hydrazine groups is 1. The van der Waals surface area contributed by atoms with Crippen molar-refractivity contribution in [1.29, 1.82) is 0 Å². The van der Waals surface area contributed by atoms with E-state index in [1.54, 1.807) is 0 Å². The summed E-state index contributed by atoms with van der Waals surface area (Å²) in [6.07, 6.45) is 6.37. The van der Waals surface area contributed by atoms with Crippen molar-refractivity contribution in [2.24, 2.45) is 17.7 Å². The van der Waals surface area contributed by atoms with Gasteiger partial charge >= 0.3 is 0 Å². The number of nitrogens with two attached hydrogens (primary N) is 1. The molecule has 2 nitrogen and oxygen atoms in total. The van der Waals surface area contributed by atoms with Crippen molar-refractivity contribution in [2.45, 2.75) is 65.8 Å². The normalized spacial score (nSPS) is 17.8. The minimum atomic E-state index is 0.497. The molecule has 0 aliphatic carbocycles. The van der Waals surface area contributed by atoms with Crippen molar-refractivity contribution in [3.63, 3.8) is 0 Å². The third kappa shape index (κ3) is 4.43. The molecule has 86 valence electrons. The zero-order valence-corrected chi connectivity index (χ0v) is 10.3. The molecule has 14 heavy (non-hydrogen) atoms. The van der Waals surface area contributed by atoms with Crippen LogP contribution < -0.4 is 11.3 Å². The van der Waals surface area contributed by atoms with Crippen LogP contribution in [0.15, 0.2) is 0 Å². The Morgan fingerprint density at radius 3 is 2.14 bits per heavy atom. The maximum atomic E-state index is 5.65. The van der Waals surface area contributed by atoms with Gasteiger partial charge in [-0.2, -0.15) is 0 Å². The highest BCUT2D eigenvalue weighted by molar-refractivity contribution is 4.77. The quantitative estimate of drug-likeness (QED) is 0.467. The second-order valence-corrected chi connectivity index (χ2v) is 4.39. The van der Waals surface area contributed by atoms with Crippen molar-refractivity contribution in [2.75, 3.05) is 0 Å². The molecule has 0 aromatic rings. The Hall–Kier alpha value is -0.0800. The van der Waals surface area contributed by atoms with Gasteiger partial charge in [-0.15, -0.1) is 0 Å². The molecule has 2 heteroatoms. The topological polar surface area (TPSA) is 38.0 Å². The first-order chi connectivity index (χ1) is 6.71. The van der Waals surface area contributed by atoms with Crippen LogP contribution in [0.3, 0.4) is 0 Å². The Balaban J connectivity index is 4.13. The van der Waals surface area contributed by atoms with E-state index in [2.05, 4.69) is 33.1 Å². The first-order valence-corrected chi connectivity index (χ1v) is 6.17. The van der Waals surface area contributed by atoms with Crippen molar-refractivity contribution in [3.8, 4) is 0 Å². The number of hydrogen-bond acceptors (Lipinski definition) is 2. The average Bonchev–Trinajstić information content (AvgIpc) is 2.23. The lowest BCUT2D eigenvalue weighted by Gasteiger charge is -2.30. The Morgan fingerprint density at radius 2 is 1.79 bits per heavy atom. The zero-order valence-electron chi connectivity index (χ0n) is 10.3. The minimum absolute atomic E-state index is 0.497. The van der Waals surface area contributed by atoms with Gasteiger partial charge in [0.15, 0.2) is 0 Å². The van der Waals surface area contributed by atoms with Crippen molar-refractivity contribution < 1.29 is 0 Å². The zero-order chi connectivity index (χ0) is 11.0. The van der Waals surface area contributed by atoms with Gasteiger partial charge in [0.05, 0.1) is 0 Å². The predicted octanol–water partition coefficient (Wildman–Crippen LogP) is 3.08. The minimum Gasteiger partial charge on any atom is -0.271 e. The highest BCUT2D eigenvalue weighted by Crippen LogP contribution is 2.23. The van der Waals surface area contributed by atoms with Gasteiger partial charge in [0, 0.05) is 6.04 Å². The van der Waals surface area contributed by atoms with Crippen LogP contribution in [0.25, 0.3) is 0 Å². The molecule has 0 rings (SSSR count). The molecular formula is C12H28N2. The first kappa shape index (κ1) is 13.9. The van der Waals surface area contributed by atoms with Crippen LogP contribution in [0.5, 0.6) is 0 Å². The van der Waals surface area contributed by atoms with Crippen LogP contribution in [0.2, 0.25) is 0 Å². The first-order valence-electron chi connectivity index (χ1n) is 6.17. The van der Waals surface area contributed by atoms with Gasteiger partial charge in [0.1, 0.15) is 0 Å². The van der Waals surface area contributed by atoms with E-state index < -0.39 is 0 Å². The SMILES string of the molecule is CCCCC(CC)C(NN)C(C)CC. The second kappa shape index (κ2) is 8.25. The van der Waals surface area contributed by atoms with Crippen LogP contribution in [0.1, 0.15) is 59.8 Å². The average molecular weight is 200 g/mol. The molecule has 0 amide bonds. The fourth-order valence-corrected chi connectivity index (χ4v) is 2.12. The summed E-state index contributed by atoms with van der Waals surface area (Å²) in [4.78, 5) is 0. The molecule has 3 unspecified atom stereocenters. The van der Waals surface area contributed by atoms with Crippen LogP contribution in [0.4, 0.5) is 0 Å². The fraction of sp³-hybridized carbons (Fsp3) is 1.00. The van der Waals surface area contributed by atoms with Gasteiger partial charge in [0.25, 0.3) is 0 Å². The van der Waals surface area contributed by atoms with Gasteiger partial charge in [-0.25, -0.2) is 0 Å². The summed E-state index contributed by atoms with van der Waals surface area (Å²) in [5.41, 5.74) is 3.01. The molecule has 0 bridgehead atoms. The Kier molecular flexibility index (Phi) is 8.20. The van der Waals surface area contributed by atoms with Gasteiger partial charge in [0.2, 0.25) is 0 Å². The molecule has 0 radical (unpaired) electrons. The lowest BCUT2D eigenvalue weighted by atomic mass is 9.83. The molecule has 0 saturated heterocycles. The number of rotatable bonds is 8. The molecule has 3 atom stereocenters. The van der Waals surface area contributed by atoms with Crippen molar-refractivity contribution in [3.05, 3.63) is 0 Å². The monoisotopic (exact) mass is 200 g/mol. The van der Waals surface area contributed by atoms with Crippen molar-refractivity contribution >= 4 is 0 Å². The molecule has 0 heterocycles. The lowest BCUT2D eigenvalue weighted by Crippen LogP contribution is -2.45. The van der Waals surface area contributed by atoms with Gasteiger partial charge in [-0.1, -0.05) is 53.4 Å². The molecule has 0 saturated carbocycles. The Bertz CT molecular complexity index is 125. The van der Waals surface area contributed by atoms with E-state index >= 15 is 0 Å². The van der Waals surface area contributed by atoms with Gasteiger partial charge < -0.3 is 0 Å². The number of unbranched alkanes of at least 4 members (excludes halogenated alkanes) is 1. The summed E-state index contributed by atoms with van der Waals surface area (Å²) in [5, 5.41) is 0. The molecular weight excluding hydrogens is 172 g/mol. The van der Waals surface area contributed by atoms with Crippen LogP contribution in [-0.2, 0) is 0 Å². The highest BCUT2D eigenvalue weighted by Gasteiger charge is 2.22. The predicted molar refractivity (Wildman–Crippen MR) is 63.9 cm³/mol. The fourth-order valence-electron chi connectivity index (χ4n) is 2.12. The van der Waals surface area contributed by atoms with E-state index in [0.717, 1.165) is 5.92 Å². The Labute approximate surface area is 89.6 Å². The van der Waals surface area contributed by atoms with Crippen LogP contribution >= 0.6 is 0 Å². The van der Waals surface area contributed by atoms with E-state index in [4.69, 9.17) is 5.84 Å². The smallest absolute Gasteiger partial charge is 0.0264 e. The molecule has 0 aliphatic rings. The van der Waals surface area contributed by atoms with Gasteiger partial charge in [-0.05, 0) is 18.3 Å². The van der Waals surface area contributed by atoms with E-state index in [0.29, 0.717) is 12.0 Å². The summed E-state index contributed by atoms with van der Waals surface area (Å²) in [6, 6.07) is 0.497. The molecule has 0 fully saturated rings. The lowest BCUT2D eigenvalue weighted by molar-refractivity contribution is 0.244. The van der Waals surface area contributed by atoms with Crippen molar-refractivity contribution in [1.82, 2.24) is 5.43 Å². The summed E-state index contributed by atoms with van der Waals surface area (Å²) in [5.74, 6) is 7.07. The summed E-state index contributed by atoms with van der Waals surface area (Å²) < 4.78 is 0. The Morgan fingerprint density at radius 1 is 1.14 bits per heavy atom. The van der Waals surface area contributed by atoms with Crippen LogP contribution in [0, 0.1) is 11.8 Å². The summed E-state index contributed by atoms with van der Waals surface area (Å²) in [7, 11) is 0. The molecule has 0 aromatic carbocycles. The van der Waals surface area contributed by atoms with E-state index in [9.17, 15) is 0 Å². The molecule has 0 aliphatic heterocycles. The maximum absolute atomic E-state index is 5.65. The van der Waals surface area contributed by atoms with Crippen LogP contribution in [-0.4, -0.2) is 6.04 Å². The molecule has 0 aromatic heterocycles. The molecule has 0 spiro atoms. The maximum Gasteiger partial charge on any atom is 0.0264 e. The summed E-state index contributed by atoms with van der Waals surface area (Å²) in [6.45, 7) is 9.05. The van der Waals surface area contributed by atoms with E-state index in [1.165, 1.54) is 32.1 Å². The molecule has 3 N–H and O–H groups in total. The third-order valence-corrected chi connectivity index (χ3v) is 3.41. The summed E-state index contributed by atoms with van der Waals surface area (Å²) >= 11 is 0. The van der Waals surface area contributed by atoms with Gasteiger partial charge in [-0.3, -0.25) is 11.3 Å². The standard InChI is InChI=1S/C12H28N2/c1-5-8-9-11(7-3)12(14-13)10(4)6-2/h10-12,14H,5-9,13H2,1-4H3. The largest absolute Gasteiger partial charge is 0.271 e. The third-order valence-electron chi connectivity index (χ3n) is 3.41. The number of nitrogens with one attached hydrogen (secondary N) is 1.